The first kappa shape index (κ1) is 9.03. The molecule has 0 aromatic carbocycles. The molecule has 0 fully saturated rings. The van der Waals surface area contributed by atoms with Crippen molar-refractivity contribution >= 4 is 27.9 Å². The maximum Gasteiger partial charge on any atom is 0.194 e. The van der Waals surface area contributed by atoms with Gasteiger partial charge in [-0.1, -0.05) is 6.92 Å². The third-order valence-corrected chi connectivity index (χ3v) is 3.42. The van der Waals surface area contributed by atoms with Crippen LogP contribution in [-0.2, 0) is 12.3 Å². The highest BCUT2D eigenvalue weighted by Gasteiger charge is 2.09. The van der Waals surface area contributed by atoms with Crippen molar-refractivity contribution in [3.8, 4) is 0 Å². The van der Waals surface area contributed by atoms with Gasteiger partial charge in [0.25, 0.3) is 0 Å². The van der Waals surface area contributed by atoms with Gasteiger partial charge >= 0.3 is 0 Å². The van der Waals surface area contributed by atoms with Crippen LogP contribution in [-0.4, -0.2) is 9.38 Å². The Kier molecular flexibility index (Phi) is 2.30. The third-order valence-electron chi connectivity index (χ3n) is 2.14. The van der Waals surface area contributed by atoms with Gasteiger partial charge in [0.05, 0.1) is 11.6 Å². The van der Waals surface area contributed by atoms with E-state index in [1.807, 2.05) is 6.20 Å². The van der Waals surface area contributed by atoms with Gasteiger partial charge in [0, 0.05) is 16.8 Å². The van der Waals surface area contributed by atoms with Crippen LogP contribution in [0.3, 0.4) is 0 Å². The zero-order valence-corrected chi connectivity index (χ0v) is 9.24. The molecule has 0 unspecified atom stereocenters. The molecule has 0 spiro atoms. The number of hydrogen-bond donors (Lipinski definition) is 0. The Morgan fingerprint density at radius 3 is 3.00 bits per heavy atom. The summed E-state index contributed by atoms with van der Waals surface area (Å²) in [7, 11) is 0. The SMILES string of the molecule is CCc1c(C)sc2nc(CCl)cn12. The smallest absolute Gasteiger partial charge is 0.194 e. The van der Waals surface area contributed by atoms with Crippen molar-refractivity contribution in [3.63, 3.8) is 0 Å². The molecule has 2 aromatic heterocycles. The summed E-state index contributed by atoms with van der Waals surface area (Å²) in [6.07, 6.45) is 3.08. The molecule has 0 aliphatic carbocycles. The highest BCUT2D eigenvalue weighted by Crippen LogP contribution is 2.23. The van der Waals surface area contributed by atoms with Gasteiger partial charge in [-0.15, -0.1) is 22.9 Å². The molecule has 0 atom stereocenters. The number of hydrogen-bond acceptors (Lipinski definition) is 2. The van der Waals surface area contributed by atoms with Gasteiger partial charge in [0.2, 0.25) is 0 Å². The average molecular weight is 215 g/mol. The zero-order chi connectivity index (χ0) is 9.42. The van der Waals surface area contributed by atoms with Crippen LogP contribution in [0.15, 0.2) is 6.20 Å². The first-order valence-electron chi connectivity index (χ1n) is 4.28. The number of imidazole rings is 1. The molecule has 0 bridgehead atoms. The Hall–Kier alpha value is -0.540. The third kappa shape index (κ3) is 1.36. The van der Waals surface area contributed by atoms with Crippen molar-refractivity contribution in [2.45, 2.75) is 26.1 Å². The van der Waals surface area contributed by atoms with Crippen molar-refractivity contribution in [2.75, 3.05) is 0 Å². The Morgan fingerprint density at radius 2 is 2.38 bits per heavy atom. The normalized spacial score (nSPS) is 11.3. The minimum absolute atomic E-state index is 0.497. The Balaban J connectivity index is 2.66. The van der Waals surface area contributed by atoms with E-state index in [-0.39, 0.29) is 0 Å². The maximum atomic E-state index is 5.72. The second-order valence-electron chi connectivity index (χ2n) is 2.98. The van der Waals surface area contributed by atoms with Crippen LogP contribution in [0.1, 0.15) is 23.2 Å². The second-order valence-corrected chi connectivity index (χ2v) is 4.43. The number of halogens is 1. The lowest BCUT2D eigenvalue weighted by molar-refractivity contribution is 0.985. The quantitative estimate of drug-likeness (QED) is 0.703. The minimum Gasteiger partial charge on any atom is -0.294 e. The van der Waals surface area contributed by atoms with Gasteiger partial charge in [-0.2, -0.15) is 0 Å². The van der Waals surface area contributed by atoms with E-state index in [4.69, 9.17) is 11.6 Å². The summed E-state index contributed by atoms with van der Waals surface area (Å²) in [4.78, 5) is 6.82. The Bertz CT molecular complexity index is 430. The molecule has 0 saturated heterocycles. The lowest BCUT2D eigenvalue weighted by Crippen LogP contribution is -1.88. The van der Waals surface area contributed by atoms with E-state index in [0.717, 1.165) is 17.1 Å². The summed E-state index contributed by atoms with van der Waals surface area (Å²) in [5.41, 5.74) is 2.31. The summed E-state index contributed by atoms with van der Waals surface area (Å²) in [6, 6.07) is 0. The minimum atomic E-state index is 0.497. The summed E-state index contributed by atoms with van der Waals surface area (Å²) < 4.78 is 2.15. The number of thiazole rings is 1. The molecular formula is C9H11ClN2S. The highest BCUT2D eigenvalue weighted by molar-refractivity contribution is 7.17. The van der Waals surface area contributed by atoms with Gasteiger partial charge in [-0.05, 0) is 13.3 Å². The fourth-order valence-corrected chi connectivity index (χ4v) is 2.71. The number of fused-ring (bicyclic) bond motifs is 1. The zero-order valence-electron chi connectivity index (χ0n) is 7.67. The van der Waals surface area contributed by atoms with Crippen LogP contribution >= 0.6 is 22.9 Å². The number of alkyl halides is 1. The molecule has 2 rings (SSSR count). The van der Waals surface area contributed by atoms with E-state index < -0.39 is 0 Å². The van der Waals surface area contributed by atoms with E-state index in [1.165, 1.54) is 10.6 Å². The summed E-state index contributed by atoms with van der Waals surface area (Å²) >= 11 is 7.45. The van der Waals surface area contributed by atoms with Crippen molar-refractivity contribution in [3.05, 3.63) is 22.5 Å². The van der Waals surface area contributed by atoms with Crippen molar-refractivity contribution in [2.24, 2.45) is 0 Å². The largest absolute Gasteiger partial charge is 0.294 e. The van der Waals surface area contributed by atoms with Crippen LogP contribution in [0.25, 0.3) is 4.96 Å². The summed E-state index contributed by atoms with van der Waals surface area (Å²) in [6.45, 7) is 4.30. The average Bonchev–Trinajstić information content (AvgIpc) is 2.60. The van der Waals surface area contributed by atoms with Gasteiger partial charge in [0.1, 0.15) is 0 Å². The maximum absolute atomic E-state index is 5.72. The molecule has 0 saturated carbocycles. The van der Waals surface area contributed by atoms with Crippen LogP contribution in [0.4, 0.5) is 0 Å². The number of nitrogens with zero attached hydrogens (tertiary/aromatic N) is 2. The van der Waals surface area contributed by atoms with Gasteiger partial charge in [0.15, 0.2) is 4.96 Å². The fraction of sp³-hybridized carbons (Fsp3) is 0.444. The van der Waals surface area contributed by atoms with Crippen LogP contribution in [0, 0.1) is 6.92 Å². The first-order chi connectivity index (χ1) is 6.26. The van der Waals surface area contributed by atoms with Crippen LogP contribution in [0.5, 0.6) is 0 Å². The second kappa shape index (κ2) is 3.31. The first-order valence-corrected chi connectivity index (χ1v) is 5.63. The number of aromatic nitrogens is 2. The molecule has 0 aliphatic heterocycles. The molecule has 2 heterocycles. The topological polar surface area (TPSA) is 17.3 Å². The van der Waals surface area contributed by atoms with E-state index in [2.05, 4.69) is 23.2 Å². The standard InChI is InChI=1S/C9H11ClN2S/c1-3-8-6(2)13-9-11-7(4-10)5-12(8)9/h5H,3-4H2,1-2H3. The molecular weight excluding hydrogens is 204 g/mol. The summed E-state index contributed by atoms with van der Waals surface area (Å²) in [5.74, 6) is 0.497. The molecule has 13 heavy (non-hydrogen) atoms. The predicted octanol–water partition coefficient (Wildman–Crippen LogP) is 3.01. The molecule has 0 radical (unpaired) electrons. The summed E-state index contributed by atoms with van der Waals surface area (Å²) in [5, 5.41) is 0. The van der Waals surface area contributed by atoms with E-state index in [9.17, 15) is 0 Å². The lowest BCUT2D eigenvalue weighted by Gasteiger charge is -1.94. The van der Waals surface area contributed by atoms with E-state index >= 15 is 0 Å². The van der Waals surface area contributed by atoms with E-state index in [0.29, 0.717) is 5.88 Å². The fourth-order valence-electron chi connectivity index (χ4n) is 1.52. The highest BCUT2D eigenvalue weighted by atomic mass is 35.5. The van der Waals surface area contributed by atoms with Gasteiger partial charge in [-0.3, -0.25) is 4.40 Å². The molecule has 0 aliphatic rings. The monoisotopic (exact) mass is 214 g/mol. The Morgan fingerprint density at radius 1 is 1.62 bits per heavy atom. The van der Waals surface area contributed by atoms with Crippen molar-refractivity contribution in [1.29, 1.82) is 0 Å². The van der Waals surface area contributed by atoms with Crippen molar-refractivity contribution in [1.82, 2.24) is 9.38 Å². The molecule has 2 nitrogen and oxygen atoms in total. The van der Waals surface area contributed by atoms with E-state index in [1.54, 1.807) is 11.3 Å². The van der Waals surface area contributed by atoms with Crippen LogP contribution in [0.2, 0.25) is 0 Å². The van der Waals surface area contributed by atoms with Crippen molar-refractivity contribution < 1.29 is 0 Å². The number of rotatable bonds is 2. The number of aryl methyl sites for hydroxylation is 2. The van der Waals surface area contributed by atoms with Gasteiger partial charge in [-0.25, -0.2) is 4.98 Å². The molecule has 0 N–H and O–H groups in total. The lowest BCUT2D eigenvalue weighted by atomic mass is 10.3. The molecule has 4 heteroatoms. The van der Waals surface area contributed by atoms with Crippen LogP contribution < -0.4 is 0 Å². The predicted molar refractivity (Wildman–Crippen MR) is 56.7 cm³/mol. The Labute approximate surface area is 86.2 Å². The molecule has 2 aromatic rings. The van der Waals surface area contributed by atoms with Gasteiger partial charge < -0.3 is 0 Å². The molecule has 70 valence electrons. The molecule has 0 amide bonds.